The van der Waals surface area contributed by atoms with Gasteiger partial charge in [0.2, 0.25) is 0 Å². The highest BCUT2D eigenvalue weighted by Crippen LogP contribution is 2.22. The normalized spacial score (nSPS) is 33.7. The van der Waals surface area contributed by atoms with Crippen LogP contribution >= 0.6 is 0 Å². The van der Waals surface area contributed by atoms with Crippen LogP contribution in [-0.4, -0.2) is 95.5 Å². The molecule has 3 rings (SSSR count). The van der Waals surface area contributed by atoms with Crippen LogP contribution < -0.4 is 0 Å². The summed E-state index contributed by atoms with van der Waals surface area (Å²) in [4.78, 5) is 2.32. The first-order valence-electron chi connectivity index (χ1n) is 8.89. The van der Waals surface area contributed by atoms with E-state index in [0.29, 0.717) is 19.8 Å². The van der Waals surface area contributed by atoms with Gasteiger partial charge in [0.1, 0.15) is 0 Å². The van der Waals surface area contributed by atoms with Gasteiger partial charge in [0.15, 0.2) is 0 Å². The van der Waals surface area contributed by atoms with Crippen molar-refractivity contribution in [1.29, 1.82) is 0 Å². The quantitative estimate of drug-likeness (QED) is 0.423. The van der Waals surface area contributed by atoms with Crippen molar-refractivity contribution in [1.82, 2.24) is 4.90 Å². The monoisotopic (exact) mass is 395 g/mol. The molecule has 0 N–H and O–H groups in total. The summed E-state index contributed by atoms with van der Waals surface area (Å²) in [6.07, 6.45) is 0.921. The number of nitrogens with zero attached hydrogens (tertiary/aromatic N) is 1. The Morgan fingerprint density at radius 1 is 1.12 bits per heavy atom. The fourth-order valence-corrected chi connectivity index (χ4v) is 7.25. The van der Waals surface area contributed by atoms with Crippen molar-refractivity contribution in [3.8, 4) is 0 Å². The van der Waals surface area contributed by atoms with Crippen molar-refractivity contribution in [2.75, 3.05) is 60.8 Å². The molecule has 0 spiro atoms. The van der Waals surface area contributed by atoms with Gasteiger partial charge in [-0.25, -0.2) is 0 Å². The number of rotatable bonds is 9. The molecule has 0 aromatic heterocycles. The predicted octanol–water partition coefficient (Wildman–Crippen LogP) is 0.976. The van der Waals surface area contributed by atoms with Crippen LogP contribution in [0.25, 0.3) is 0 Å². The highest BCUT2D eigenvalue weighted by molar-refractivity contribution is 6.60. The summed E-state index contributed by atoms with van der Waals surface area (Å²) in [6.45, 7) is 8.54. The molecule has 0 saturated carbocycles. The smallest absolute Gasteiger partial charge is 0.379 e. The lowest BCUT2D eigenvalue weighted by atomic mass is 10.3. The van der Waals surface area contributed by atoms with Crippen LogP contribution in [0.2, 0.25) is 12.6 Å². The largest absolute Gasteiger partial charge is 0.500 e. The standard InChI is InChI=1S/C15H33NO7Si2/c1-14-11-16-7-9-21-24(5,22-14)23-15(12-16)13-20-8-6-10-25(17-2,18-3)19-4/h14-15H,6-13H2,1-5H3. The van der Waals surface area contributed by atoms with Gasteiger partial charge in [0.05, 0.1) is 25.4 Å². The van der Waals surface area contributed by atoms with Crippen LogP contribution in [-0.2, 0) is 31.3 Å². The first-order valence-corrected chi connectivity index (χ1v) is 13.0. The molecule has 0 aromatic rings. The molecular formula is C15H33NO7Si2. The third kappa shape index (κ3) is 6.34. The molecule has 4 unspecified atom stereocenters. The highest BCUT2D eigenvalue weighted by Gasteiger charge is 2.44. The Morgan fingerprint density at radius 2 is 1.84 bits per heavy atom. The van der Waals surface area contributed by atoms with E-state index in [1.807, 2.05) is 6.55 Å². The number of ether oxygens (including phenoxy) is 1. The third-order valence-electron chi connectivity index (χ3n) is 4.55. The van der Waals surface area contributed by atoms with Gasteiger partial charge in [0.25, 0.3) is 0 Å². The zero-order chi connectivity index (χ0) is 18.3. The van der Waals surface area contributed by atoms with E-state index in [2.05, 4.69) is 11.8 Å². The molecule has 3 aliphatic heterocycles. The summed E-state index contributed by atoms with van der Waals surface area (Å²) in [5.74, 6) is 0. The van der Waals surface area contributed by atoms with Gasteiger partial charge in [-0.15, -0.1) is 0 Å². The maximum absolute atomic E-state index is 6.19. The van der Waals surface area contributed by atoms with Gasteiger partial charge in [-0.3, -0.25) is 4.90 Å². The minimum absolute atomic E-state index is 0.0289. The van der Waals surface area contributed by atoms with Crippen LogP contribution in [0.1, 0.15) is 13.3 Å². The molecule has 148 valence electrons. The molecule has 10 heteroatoms. The Bertz CT molecular complexity index is 394. The van der Waals surface area contributed by atoms with Crippen molar-refractivity contribution in [2.24, 2.45) is 0 Å². The SMILES string of the molecule is CO[Si](CCCOCC1CN2CCO[Si](C)(OC(C)C2)O1)(OC)OC. The Morgan fingerprint density at radius 3 is 2.52 bits per heavy atom. The zero-order valence-electron chi connectivity index (χ0n) is 16.1. The van der Waals surface area contributed by atoms with Gasteiger partial charge < -0.3 is 31.3 Å². The summed E-state index contributed by atoms with van der Waals surface area (Å²) in [6, 6.07) is 0.727. The summed E-state index contributed by atoms with van der Waals surface area (Å²) < 4.78 is 40.3. The molecule has 0 aliphatic carbocycles. The Kier molecular flexibility index (Phi) is 8.46. The first-order chi connectivity index (χ1) is 11.9. The molecule has 0 aromatic carbocycles. The Labute approximate surface area is 153 Å². The molecule has 8 nitrogen and oxygen atoms in total. The molecule has 4 atom stereocenters. The van der Waals surface area contributed by atoms with Crippen molar-refractivity contribution < 1.29 is 31.3 Å². The van der Waals surface area contributed by atoms with Gasteiger partial charge in [0, 0.05) is 60.2 Å². The van der Waals surface area contributed by atoms with E-state index in [4.69, 9.17) is 31.3 Å². The number of fused-ring (bicyclic) bond motifs is 6. The van der Waals surface area contributed by atoms with Gasteiger partial charge >= 0.3 is 17.6 Å². The second-order valence-corrected chi connectivity index (χ2v) is 12.2. The van der Waals surface area contributed by atoms with E-state index < -0.39 is 17.6 Å². The van der Waals surface area contributed by atoms with Crippen LogP contribution in [0.3, 0.4) is 0 Å². The van der Waals surface area contributed by atoms with E-state index in [-0.39, 0.29) is 12.2 Å². The van der Waals surface area contributed by atoms with E-state index in [1.165, 1.54) is 0 Å². The second kappa shape index (κ2) is 9.88. The van der Waals surface area contributed by atoms with Gasteiger partial charge in [-0.05, 0) is 13.3 Å². The lowest BCUT2D eigenvalue weighted by Crippen LogP contribution is -2.59. The van der Waals surface area contributed by atoms with E-state index in [0.717, 1.165) is 32.1 Å². The maximum atomic E-state index is 6.19. The summed E-state index contributed by atoms with van der Waals surface area (Å²) in [7, 11) is -0.215. The molecule has 3 saturated heterocycles. The molecule has 25 heavy (non-hydrogen) atoms. The van der Waals surface area contributed by atoms with Crippen molar-refractivity contribution in [3.63, 3.8) is 0 Å². The molecule has 0 amide bonds. The molecule has 3 fully saturated rings. The lowest BCUT2D eigenvalue weighted by molar-refractivity contribution is -0.0797. The van der Waals surface area contributed by atoms with Crippen molar-refractivity contribution in [2.45, 2.75) is 38.1 Å². The number of hydrogen-bond donors (Lipinski definition) is 0. The van der Waals surface area contributed by atoms with Crippen LogP contribution in [0.5, 0.6) is 0 Å². The topological polar surface area (TPSA) is 67.9 Å². The molecule has 3 heterocycles. The van der Waals surface area contributed by atoms with Crippen molar-refractivity contribution in [3.05, 3.63) is 0 Å². The van der Waals surface area contributed by atoms with E-state index in [9.17, 15) is 0 Å². The third-order valence-corrected chi connectivity index (χ3v) is 9.71. The Balaban J connectivity index is 1.77. The zero-order valence-corrected chi connectivity index (χ0v) is 18.1. The minimum atomic E-state index is -2.58. The first kappa shape index (κ1) is 21.4. The summed E-state index contributed by atoms with van der Waals surface area (Å²) in [5.41, 5.74) is 0. The summed E-state index contributed by atoms with van der Waals surface area (Å²) in [5, 5.41) is 0. The summed E-state index contributed by atoms with van der Waals surface area (Å²) >= 11 is 0. The predicted molar refractivity (Wildman–Crippen MR) is 96.5 cm³/mol. The average Bonchev–Trinajstić information content (AvgIpc) is 2.55. The van der Waals surface area contributed by atoms with Gasteiger partial charge in [-0.1, -0.05) is 0 Å². The fraction of sp³-hybridized carbons (Fsp3) is 1.00. The molecule has 0 radical (unpaired) electrons. The average molecular weight is 396 g/mol. The van der Waals surface area contributed by atoms with Gasteiger partial charge in [-0.2, -0.15) is 0 Å². The van der Waals surface area contributed by atoms with Crippen molar-refractivity contribution >= 4 is 17.6 Å². The Hall–Kier alpha value is 0.114. The van der Waals surface area contributed by atoms with Crippen LogP contribution in [0, 0.1) is 0 Å². The van der Waals surface area contributed by atoms with E-state index >= 15 is 0 Å². The van der Waals surface area contributed by atoms with E-state index in [1.54, 1.807) is 21.3 Å². The molecule has 2 bridgehead atoms. The molecular weight excluding hydrogens is 362 g/mol. The lowest BCUT2D eigenvalue weighted by Gasteiger charge is -2.42. The minimum Gasteiger partial charge on any atom is -0.379 e. The number of hydrogen-bond acceptors (Lipinski definition) is 8. The fourth-order valence-electron chi connectivity index (χ4n) is 3.36. The van der Waals surface area contributed by atoms with Crippen LogP contribution in [0.15, 0.2) is 0 Å². The maximum Gasteiger partial charge on any atom is 0.500 e. The molecule has 3 aliphatic rings. The van der Waals surface area contributed by atoms with Crippen LogP contribution in [0.4, 0.5) is 0 Å². The highest BCUT2D eigenvalue weighted by atomic mass is 28.4. The second-order valence-electron chi connectivity index (χ2n) is 6.61.